The van der Waals surface area contributed by atoms with Crippen molar-refractivity contribution in [3.05, 3.63) is 0 Å². The van der Waals surface area contributed by atoms with Crippen LogP contribution in [0.1, 0.15) is 45.4 Å². The van der Waals surface area contributed by atoms with E-state index in [0.717, 1.165) is 38.6 Å². The van der Waals surface area contributed by atoms with Crippen molar-refractivity contribution in [3.8, 4) is 0 Å². The van der Waals surface area contributed by atoms with Gasteiger partial charge in [-0.3, -0.25) is 9.59 Å². The molecular weight excluding hydrogens is 244 g/mol. The standard InChI is InChI=1S/C14H26N2O3/c1-11(17)15-7-5-3-4-6-14(19)16(2)10-12-8-13(18)9-12/h12-13,18H,3-10H2,1-2H3,(H,15,17). The van der Waals surface area contributed by atoms with E-state index in [2.05, 4.69) is 5.32 Å². The third-order valence-electron chi connectivity index (χ3n) is 3.61. The van der Waals surface area contributed by atoms with Crippen molar-refractivity contribution >= 4 is 11.8 Å². The predicted molar refractivity (Wildman–Crippen MR) is 73.5 cm³/mol. The van der Waals surface area contributed by atoms with E-state index in [1.54, 1.807) is 4.90 Å². The normalized spacial score (nSPS) is 21.6. The van der Waals surface area contributed by atoms with E-state index in [0.29, 0.717) is 18.9 Å². The lowest BCUT2D eigenvalue weighted by molar-refractivity contribution is -0.131. The molecule has 0 heterocycles. The van der Waals surface area contributed by atoms with E-state index in [-0.39, 0.29) is 17.9 Å². The molecule has 110 valence electrons. The van der Waals surface area contributed by atoms with Crippen molar-refractivity contribution in [3.63, 3.8) is 0 Å². The van der Waals surface area contributed by atoms with Crippen LogP contribution in [0.2, 0.25) is 0 Å². The predicted octanol–water partition coefficient (Wildman–Crippen LogP) is 0.912. The van der Waals surface area contributed by atoms with Crippen molar-refractivity contribution in [2.75, 3.05) is 20.1 Å². The molecule has 1 saturated carbocycles. The van der Waals surface area contributed by atoms with E-state index >= 15 is 0 Å². The molecule has 1 fully saturated rings. The molecule has 1 aliphatic carbocycles. The zero-order valence-corrected chi connectivity index (χ0v) is 12.0. The summed E-state index contributed by atoms with van der Waals surface area (Å²) in [6, 6.07) is 0. The summed E-state index contributed by atoms with van der Waals surface area (Å²) < 4.78 is 0. The van der Waals surface area contributed by atoms with Crippen LogP contribution in [0.25, 0.3) is 0 Å². The lowest BCUT2D eigenvalue weighted by Crippen LogP contribution is -2.39. The molecule has 5 nitrogen and oxygen atoms in total. The molecule has 0 aromatic carbocycles. The topological polar surface area (TPSA) is 69.6 Å². The molecular formula is C14H26N2O3. The van der Waals surface area contributed by atoms with Crippen LogP contribution in [0.15, 0.2) is 0 Å². The van der Waals surface area contributed by atoms with Gasteiger partial charge in [0, 0.05) is 33.5 Å². The number of carbonyl (C=O) groups is 2. The molecule has 1 aliphatic rings. The van der Waals surface area contributed by atoms with Gasteiger partial charge in [-0.05, 0) is 31.6 Å². The zero-order valence-electron chi connectivity index (χ0n) is 12.0. The highest BCUT2D eigenvalue weighted by atomic mass is 16.3. The molecule has 1 rings (SSSR count). The fourth-order valence-electron chi connectivity index (χ4n) is 2.37. The molecule has 0 bridgehead atoms. The van der Waals surface area contributed by atoms with E-state index < -0.39 is 0 Å². The number of aliphatic hydroxyl groups excluding tert-OH is 1. The SMILES string of the molecule is CC(=O)NCCCCCC(=O)N(C)CC1CC(O)C1. The Bertz CT molecular complexity index is 301. The highest BCUT2D eigenvalue weighted by Crippen LogP contribution is 2.27. The number of unbranched alkanes of at least 4 members (excludes halogenated alkanes) is 2. The van der Waals surface area contributed by atoms with Gasteiger partial charge in [-0.2, -0.15) is 0 Å². The van der Waals surface area contributed by atoms with Crippen molar-refractivity contribution in [2.24, 2.45) is 5.92 Å². The summed E-state index contributed by atoms with van der Waals surface area (Å²) in [6.45, 7) is 2.97. The minimum atomic E-state index is -0.151. The fourth-order valence-corrected chi connectivity index (χ4v) is 2.37. The van der Waals surface area contributed by atoms with E-state index in [1.165, 1.54) is 6.92 Å². The molecule has 5 heteroatoms. The van der Waals surface area contributed by atoms with Gasteiger partial charge in [-0.15, -0.1) is 0 Å². The van der Waals surface area contributed by atoms with Crippen molar-refractivity contribution in [1.82, 2.24) is 10.2 Å². The zero-order chi connectivity index (χ0) is 14.3. The minimum Gasteiger partial charge on any atom is -0.393 e. The Kier molecular flexibility index (Phi) is 6.84. The Morgan fingerprint density at radius 3 is 2.53 bits per heavy atom. The Balaban J connectivity index is 1.99. The van der Waals surface area contributed by atoms with Gasteiger partial charge in [0.25, 0.3) is 0 Å². The first-order valence-electron chi connectivity index (χ1n) is 7.15. The van der Waals surface area contributed by atoms with Crippen LogP contribution in [-0.2, 0) is 9.59 Å². The first-order valence-corrected chi connectivity index (χ1v) is 7.15. The van der Waals surface area contributed by atoms with Crippen LogP contribution in [0, 0.1) is 5.92 Å². The van der Waals surface area contributed by atoms with Crippen LogP contribution < -0.4 is 5.32 Å². The van der Waals surface area contributed by atoms with Gasteiger partial charge in [-0.1, -0.05) is 6.42 Å². The van der Waals surface area contributed by atoms with Crippen LogP contribution in [0.4, 0.5) is 0 Å². The third-order valence-corrected chi connectivity index (χ3v) is 3.61. The second-order valence-electron chi connectivity index (χ2n) is 5.56. The summed E-state index contributed by atoms with van der Waals surface area (Å²) in [4.78, 5) is 24.3. The Labute approximate surface area is 115 Å². The van der Waals surface area contributed by atoms with Gasteiger partial charge in [0.15, 0.2) is 0 Å². The van der Waals surface area contributed by atoms with Gasteiger partial charge >= 0.3 is 0 Å². The number of amides is 2. The average Bonchev–Trinajstić information content (AvgIpc) is 2.30. The number of rotatable bonds is 8. The van der Waals surface area contributed by atoms with Crippen molar-refractivity contribution in [2.45, 2.75) is 51.6 Å². The first kappa shape index (κ1) is 16.0. The molecule has 2 N–H and O–H groups in total. The number of nitrogens with one attached hydrogen (secondary N) is 1. The molecule has 0 aromatic rings. The van der Waals surface area contributed by atoms with Gasteiger partial charge in [-0.25, -0.2) is 0 Å². The van der Waals surface area contributed by atoms with Gasteiger partial charge in [0.2, 0.25) is 11.8 Å². The molecule has 0 atom stereocenters. The summed E-state index contributed by atoms with van der Waals surface area (Å²) in [5.74, 6) is 0.656. The summed E-state index contributed by atoms with van der Waals surface area (Å²) in [7, 11) is 1.84. The lowest BCUT2D eigenvalue weighted by atomic mass is 9.82. The van der Waals surface area contributed by atoms with E-state index in [9.17, 15) is 14.7 Å². The quantitative estimate of drug-likeness (QED) is 0.644. The first-order chi connectivity index (χ1) is 8.99. The molecule has 0 unspecified atom stereocenters. The van der Waals surface area contributed by atoms with E-state index in [4.69, 9.17) is 0 Å². The summed E-state index contributed by atoms with van der Waals surface area (Å²) in [5.41, 5.74) is 0. The largest absolute Gasteiger partial charge is 0.393 e. The Morgan fingerprint density at radius 2 is 1.95 bits per heavy atom. The lowest BCUT2D eigenvalue weighted by Gasteiger charge is -2.34. The second kappa shape index (κ2) is 8.15. The molecule has 0 aromatic heterocycles. The second-order valence-corrected chi connectivity index (χ2v) is 5.56. The third kappa shape index (κ3) is 6.57. The molecule has 0 radical (unpaired) electrons. The highest BCUT2D eigenvalue weighted by molar-refractivity contribution is 5.75. The number of carbonyl (C=O) groups excluding carboxylic acids is 2. The summed E-state index contributed by atoms with van der Waals surface area (Å²) >= 11 is 0. The Morgan fingerprint density at radius 1 is 1.26 bits per heavy atom. The van der Waals surface area contributed by atoms with Crippen molar-refractivity contribution < 1.29 is 14.7 Å². The van der Waals surface area contributed by atoms with Crippen molar-refractivity contribution in [1.29, 1.82) is 0 Å². The molecule has 0 spiro atoms. The smallest absolute Gasteiger partial charge is 0.222 e. The minimum absolute atomic E-state index is 0.00139. The maximum Gasteiger partial charge on any atom is 0.222 e. The number of hydrogen-bond donors (Lipinski definition) is 2. The Hall–Kier alpha value is -1.10. The van der Waals surface area contributed by atoms with Crippen LogP contribution >= 0.6 is 0 Å². The maximum atomic E-state index is 11.8. The average molecular weight is 270 g/mol. The summed E-state index contributed by atoms with van der Waals surface area (Å²) in [6.07, 6.45) is 4.83. The van der Waals surface area contributed by atoms with Gasteiger partial charge < -0.3 is 15.3 Å². The fraction of sp³-hybridized carbons (Fsp3) is 0.857. The summed E-state index contributed by atoms with van der Waals surface area (Å²) in [5, 5.41) is 11.9. The molecule has 2 amide bonds. The number of nitrogens with zero attached hydrogens (tertiary/aromatic N) is 1. The molecule has 0 aliphatic heterocycles. The van der Waals surface area contributed by atoms with Gasteiger partial charge in [0.1, 0.15) is 0 Å². The molecule has 0 saturated heterocycles. The van der Waals surface area contributed by atoms with Crippen LogP contribution in [0.3, 0.4) is 0 Å². The molecule has 19 heavy (non-hydrogen) atoms. The highest BCUT2D eigenvalue weighted by Gasteiger charge is 2.28. The number of hydrogen-bond acceptors (Lipinski definition) is 3. The van der Waals surface area contributed by atoms with E-state index in [1.807, 2.05) is 7.05 Å². The number of aliphatic hydroxyl groups is 1. The van der Waals surface area contributed by atoms with Gasteiger partial charge in [0.05, 0.1) is 6.10 Å². The van der Waals surface area contributed by atoms with Crippen LogP contribution in [0.5, 0.6) is 0 Å². The van der Waals surface area contributed by atoms with Crippen LogP contribution in [-0.4, -0.2) is 48.1 Å². The monoisotopic (exact) mass is 270 g/mol. The maximum absolute atomic E-state index is 11.8.